The number of carbonyl (C=O) groups excluding carboxylic acids is 2. The highest BCUT2D eigenvalue weighted by molar-refractivity contribution is 5.84. The lowest BCUT2D eigenvalue weighted by Crippen LogP contribution is -2.64. The predicted molar refractivity (Wildman–Crippen MR) is 76.1 cm³/mol. The van der Waals surface area contributed by atoms with Gasteiger partial charge >= 0.3 is 0 Å². The Balaban J connectivity index is 1.44. The lowest BCUT2D eigenvalue weighted by molar-refractivity contribution is -0.135. The molecule has 20 heavy (non-hydrogen) atoms. The zero-order chi connectivity index (χ0) is 14.3. The van der Waals surface area contributed by atoms with Gasteiger partial charge < -0.3 is 10.2 Å². The van der Waals surface area contributed by atoms with Gasteiger partial charge in [-0.15, -0.1) is 0 Å². The Labute approximate surface area is 120 Å². The maximum atomic E-state index is 12.3. The van der Waals surface area contributed by atoms with E-state index in [1.54, 1.807) is 0 Å². The van der Waals surface area contributed by atoms with Gasteiger partial charge in [0.25, 0.3) is 0 Å². The van der Waals surface area contributed by atoms with E-state index in [4.69, 9.17) is 0 Å². The van der Waals surface area contributed by atoms with Crippen molar-refractivity contribution < 1.29 is 9.59 Å². The first-order valence-corrected chi connectivity index (χ1v) is 7.91. The highest BCUT2D eigenvalue weighted by atomic mass is 16.2. The quantitative estimate of drug-likeness (QED) is 0.820. The van der Waals surface area contributed by atoms with Gasteiger partial charge in [0.15, 0.2) is 0 Å². The summed E-state index contributed by atoms with van der Waals surface area (Å²) in [7, 11) is 0. The standard InChI is InChI=1S/C15H25N3O2/c1-10(2)18-7-6-13(15(18)20)17-8-12(9-17)16-14(19)11-4-3-5-11/h10-13H,3-9H2,1-2H3,(H,16,19)/t13-/m0/s1. The van der Waals surface area contributed by atoms with Crippen LogP contribution in [0.5, 0.6) is 0 Å². The molecule has 3 aliphatic rings. The fourth-order valence-corrected chi connectivity index (χ4v) is 3.39. The smallest absolute Gasteiger partial charge is 0.240 e. The third kappa shape index (κ3) is 2.43. The molecule has 0 radical (unpaired) electrons. The number of nitrogens with zero attached hydrogens (tertiary/aromatic N) is 2. The molecule has 1 N–H and O–H groups in total. The maximum Gasteiger partial charge on any atom is 0.240 e. The fraction of sp³-hybridized carbons (Fsp3) is 0.867. The minimum Gasteiger partial charge on any atom is -0.351 e. The van der Waals surface area contributed by atoms with Gasteiger partial charge in [-0.25, -0.2) is 0 Å². The van der Waals surface area contributed by atoms with Crippen molar-refractivity contribution in [2.75, 3.05) is 19.6 Å². The molecule has 5 heteroatoms. The first kappa shape index (κ1) is 13.9. The van der Waals surface area contributed by atoms with Crippen LogP contribution in [0.3, 0.4) is 0 Å². The molecule has 0 aromatic heterocycles. The summed E-state index contributed by atoms with van der Waals surface area (Å²) >= 11 is 0. The van der Waals surface area contributed by atoms with Crippen LogP contribution in [-0.4, -0.2) is 59.4 Å². The van der Waals surface area contributed by atoms with E-state index in [2.05, 4.69) is 24.1 Å². The van der Waals surface area contributed by atoms with Crippen molar-refractivity contribution in [3.8, 4) is 0 Å². The third-order valence-electron chi connectivity index (χ3n) is 5.01. The van der Waals surface area contributed by atoms with E-state index in [-0.39, 0.29) is 29.8 Å². The summed E-state index contributed by atoms with van der Waals surface area (Å²) in [5, 5.41) is 3.12. The molecule has 2 aliphatic heterocycles. The van der Waals surface area contributed by atoms with E-state index in [9.17, 15) is 9.59 Å². The Kier molecular flexibility index (Phi) is 3.71. The predicted octanol–water partition coefficient (Wildman–Crippen LogP) is 0.596. The third-order valence-corrected chi connectivity index (χ3v) is 5.01. The topological polar surface area (TPSA) is 52.6 Å². The van der Waals surface area contributed by atoms with Crippen molar-refractivity contribution in [3.63, 3.8) is 0 Å². The second-order valence-electron chi connectivity index (χ2n) is 6.72. The Morgan fingerprint density at radius 3 is 2.45 bits per heavy atom. The van der Waals surface area contributed by atoms with Crippen LogP contribution in [0.25, 0.3) is 0 Å². The molecule has 3 fully saturated rings. The minimum atomic E-state index is 0.0502. The van der Waals surface area contributed by atoms with Crippen LogP contribution in [0, 0.1) is 5.92 Å². The van der Waals surface area contributed by atoms with Gasteiger partial charge in [0, 0.05) is 31.6 Å². The summed E-state index contributed by atoms with van der Waals surface area (Å²) < 4.78 is 0. The molecule has 0 spiro atoms. The lowest BCUT2D eigenvalue weighted by atomic mass is 9.84. The highest BCUT2D eigenvalue weighted by Crippen LogP contribution is 2.28. The number of rotatable bonds is 4. The summed E-state index contributed by atoms with van der Waals surface area (Å²) in [4.78, 5) is 28.3. The van der Waals surface area contributed by atoms with Crippen LogP contribution < -0.4 is 5.32 Å². The fourth-order valence-electron chi connectivity index (χ4n) is 3.39. The van der Waals surface area contributed by atoms with Gasteiger partial charge in [-0.2, -0.15) is 0 Å². The summed E-state index contributed by atoms with van der Waals surface area (Å²) in [6.45, 7) is 6.68. The van der Waals surface area contributed by atoms with Gasteiger partial charge in [0.05, 0.1) is 12.1 Å². The molecule has 112 valence electrons. The normalized spacial score (nSPS) is 28.6. The van der Waals surface area contributed by atoms with E-state index < -0.39 is 0 Å². The first-order valence-electron chi connectivity index (χ1n) is 7.91. The summed E-state index contributed by atoms with van der Waals surface area (Å²) in [5.74, 6) is 0.750. The molecule has 2 amide bonds. The van der Waals surface area contributed by atoms with Crippen molar-refractivity contribution in [3.05, 3.63) is 0 Å². The van der Waals surface area contributed by atoms with Gasteiger partial charge in [-0.05, 0) is 33.1 Å². The van der Waals surface area contributed by atoms with Crippen LogP contribution in [0.15, 0.2) is 0 Å². The number of nitrogens with one attached hydrogen (secondary N) is 1. The molecule has 0 bridgehead atoms. The Morgan fingerprint density at radius 1 is 1.25 bits per heavy atom. The number of hydrogen-bond donors (Lipinski definition) is 1. The van der Waals surface area contributed by atoms with Crippen molar-refractivity contribution in [1.29, 1.82) is 0 Å². The summed E-state index contributed by atoms with van der Waals surface area (Å²) in [6, 6.07) is 0.598. The average molecular weight is 279 g/mol. The van der Waals surface area contributed by atoms with Gasteiger partial charge in [-0.1, -0.05) is 6.42 Å². The van der Waals surface area contributed by atoms with E-state index in [0.717, 1.165) is 38.9 Å². The molecule has 1 saturated carbocycles. The van der Waals surface area contributed by atoms with Crippen LogP contribution >= 0.6 is 0 Å². The minimum absolute atomic E-state index is 0.0502. The van der Waals surface area contributed by atoms with Crippen LogP contribution in [0.2, 0.25) is 0 Å². The van der Waals surface area contributed by atoms with Gasteiger partial charge in [-0.3, -0.25) is 14.5 Å². The number of likely N-dealkylation sites (tertiary alicyclic amines) is 2. The number of hydrogen-bond acceptors (Lipinski definition) is 3. The largest absolute Gasteiger partial charge is 0.351 e. The van der Waals surface area contributed by atoms with E-state index in [1.165, 1.54) is 6.42 Å². The molecule has 1 atom stereocenters. The van der Waals surface area contributed by atoms with Crippen molar-refractivity contribution in [2.24, 2.45) is 5.92 Å². The van der Waals surface area contributed by atoms with Crippen molar-refractivity contribution in [1.82, 2.24) is 15.1 Å². The Bertz CT molecular complexity index is 400. The molecule has 3 rings (SSSR count). The van der Waals surface area contributed by atoms with Crippen LogP contribution in [0.4, 0.5) is 0 Å². The summed E-state index contributed by atoms with van der Waals surface area (Å²) in [5.41, 5.74) is 0. The van der Waals surface area contributed by atoms with Crippen molar-refractivity contribution in [2.45, 2.75) is 57.7 Å². The average Bonchev–Trinajstić information content (AvgIpc) is 2.62. The molecule has 0 aromatic carbocycles. The molecule has 2 saturated heterocycles. The van der Waals surface area contributed by atoms with Crippen LogP contribution in [0.1, 0.15) is 39.5 Å². The van der Waals surface area contributed by atoms with E-state index in [1.807, 2.05) is 4.90 Å². The van der Waals surface area contributed by atoms with Gasteiger partial charge in [0.2, 0.25) is 11.8 Å². The molecule has 2 heterocycles. The molecular formula is C15H25N3O2. The second kappa shape index (κ2) is 5.35. The Hall–Kier alpha value is -1.10. The van der Waals surface area contributed by atoms with E-state index in [0.29, 0.717) is 6.04 Å². The Morgan fingerprint density at radius 2 is 1.95 bits per heavy atom. The molecule has 0 aromatic rings. The highest BCUT2D eigenvalue weighted by Gasteiger charge is 2.42. The molecule has 5 nitrogen and oxygen atoms in total. The molecular weight excluding hydrogens is 254 g/mol. The molecule has 1 aliphatic carbocycles. The maximum absolute atomic E-state index is 12.3. The SMILES string of the molecule is CC(C)N1CC[C@H](N2CC(NC(=O)C3CCC3)C2)C1=O. The van der Waals surface area contributed by atoms with E-state index >= 15 is 0 Å². The summed E-state index contributed by atoms with van der Waals surface area (Å²) in [6.07, 6.45) is 4.22. The zero-order valence-corrected chi connectivity index (χ0v) is 12.5. The van der Waals surface area contributed by atoms with Crippen molar-refractivity contribution >= 4 is 11.8 Å². The zero-order valence-electron chi connectivity index (χ0n) is 12.5. The monoisotopic (exact) mass is 279 g/mol. The first-order chi connectivity index (χ1) is 9.56. The number of carbonyl (C=O) groups is 2. The van der Waals surface area contributed by atoms with Gasteiger partial charge in [0.1, 0.15) is 0 Å². The molecule has 0 unspecified atom stereocenters. The lowest BCUT2D eigenvalue weighted by Gasteiger charge is -2.43. The second-order valence-corrected chi connectivity index (χ2v) is 6.72. The number of amides is 2. The van der Waals surface area contributed by atoms with Crippen LogP contribution in [-0.2, 0) is 9.59 Å².